The molecular weight excluding hydrogens is 416 g/mol. The number of hydrogen-bond donors (Lipinski definition) is 1. The molecule has 4 nitrogen and oxygen atoms in total. The second kappa shape index (κ2) is 9.53. The Bertz CT molecular complexity index is 773. The number of rotatable bonds is 7. The number of anilines is 1. The Kier molecular flexibility index (Phi) is 7.39. The summed E-state index contributed by atoms with van der Waals surface area (Å²) in [4.78, 5) is 23.4. The van der Waals surface area contributed by atoms with Gasteiger partial charge in [0.25, 0.3) is 0 Å². The van der Waals surface area contributed by atoms with E-state index in [9.17, 15) is 18.4 Å². The van der Waals surface area contributed by atoms with Gasteiger partial charge in [0.15, 0.2) is 0 Å². The number of benzene rings is 2. The van der Waals surface area contributed by atoms with E-state index in [-0.39, 0.29) is 23.8 Å². The number of carbonyl (C=O) groups excluding carboxylic acids is 2. The van der Waals surface area contributed by atoms with Crippen molar-refractivity contribution < 1.29 is 23.1 Å². The van der Waals surface area contributed by atoms with Gasteiger partial charge in [0, 0.05) is 10.0 Å². The fourth-order valence-corrected chi connectivity index (χ4v) is 2.89. The Morgan fingerprint density at radius 2 is 1.88 bits per heavy atom. The highest BCUT2D eigenvalue weighted by atomic mass is 79.9. The van der Waals surface area contributed by atoms with Crippen molar-refractivity contribution in [2.45, 2.75) is 6.61 Å². The molecule has 0 atom stereocenters. The van der Waals surface area contributed by atoms with Crippen LogP contribution in [0.2, 0.25) is 0 Å². The quantitative estimate of drug-likeness (QED) is 0.671. The number of para-hydroxylation sites is 1. The number of halogens is 3. The second-order valence-corrected chi connectivity index (χ2v) is 6.76. The van der Waals surface area contributed by atoms with E-state index in [0.717, 1.165) is 11.8 Å². The molecule has 0 spiro atoms. The third kappa shape index (κ3) is 6.47. The first-order chi connectivity index (χ1) is 12.0. The number of thioether (sulfide) groups is 1. The molecule has 0 unspecified atom stereocenters. The van der Waals surface area contributed by atoms with Crippen LogP contribution in [-0.2, 0) is 20.9 Å². The molecule has 0 radical (unpaired) electrons. The van der Waals surface area contributed by atoms with Crippen LogP contribution in [0.1, 0.15) is 5.56 Å². The maximum Gasteiger partial charge on any atom is 0.316 e. The first-order valence-corrected chi connectivity index (χ1v) is 9.12. The van der Waals surface area contributed by atoms with Crippen molar-refractivity contribution in [2.24, 2.45) is 0 Å². The van der Waals surface area contributed by atoms with E-state index < -0.39 is 23.5 Å². The van der Waals surface area contributed by atoms with Crippen LogP contribution in [0.15, 0.2) is 46.9 Å². The summed E-state index contributed by atoms with van der Waals surface area (Å²) in [5.74, 6) is -1.86. The predicted molar refractivity (Wildman–Crippen MR) is 96.3 cm³/mol. The molecule has 0 heterocycles. The first-order valence-electron chi connectivity index (χ1n) is 7.17. The lowest BCUT2D eigenvalue weighted by Crippen LogP contribution is -2.17. The number of nitrogens with one attached hydrogen (secondary N) is 1. The monoisotopic (exact) mass is 429 g/mol. The molecule has 0 saturated heterocycles. The topological polar surface area (TPSA) is 55.4 Å². The molecule has 2 aromatic carbocycles. The SMILES string of the molecule is O=C(CSCC(=O)OCc1ccc(F)cc1Br)Nc1ccccc1F. The summed E-state index contributed by atoms with van der Waals surface area (Å²) in [5.41, 5.74) is 0.730. The molecule has 0 fully saturated rings. The van der Waals surface area contributed by atoms with Crippen molar-refractivity contribution >= 4 is 45.3 Å². The van der Waals surface area contributed by atoms with E-state index in [2.05, 4.69) is 21.2 Å². The van der Waals surface area contributed by atoms with E-state index >= 15 is 0 Å². The Balaban J connectivity index is 1.69. The van der Waals surface area contributed by atoms with Gasteiger partial charge in [0.05, 0.1) is 17.2 Å². The van der Waals surface area contributed by atoms with Crippen molar-refractivity contribution in [3.8, 4) is 0 Å². The van der Waals surface area contributed by atoms with Crippen LogP contribution in [0, 0.1) is 11.6 Å². The third-order valence-electron chi connectivity index (χ3n) is 3.00. The van der Waals surface area contributed by atoms with Gasteiger partial charge in [0.2, 0.25) is 5.91 Å². The summed E-state index contributed by atoms with van der Waals surface area (Å²) >= 11 is 4.24. The van der Waals surface area contributed by atoms with Crippen LogP contribution < -0.4 is 5.32 Å². The fraction of sp³-hybridized carbons (Fsp3) is 0.176. The van der Waals surface area contributed by atoms with Gasteiger partial charge < -0.3 is 10.1 Å². The molecule has 0 aliphatic rings. The van der Waals surface area contributed by atoms with Crippen LogP contribution >= 0.6 is 27.7 Å². The van der Waals surface area contributed by atoms with Crippen molar-refractivity contribution in [2.75, 3.05) is 16.8 Å². The van der Waals surface area contributed by atoms with Crippen molar-refractivity contribution in [1.82, 2.24) is 0 Å². The summed E-state index contributed by atoms with van der Waals surface area (Å²) in [6.45, 7) is 0.00167. The van der Waals surface area contributed by atoms with Crippen LogP contribution in [0.4, 0.5) is 14.5 Å². The highest BCUT2D eigenvalue weighted by Gasteiger charge is 2.10. The average Bonchev–Trinajstić information content (AvgIpc) is 2.56. The summed E-state index contributed by atoms with van der Waals surface area (Å²) < 4.78 is 31.9. The number of hydrogen-bond acceptors (Lipinski definition) is 4. The lowest BCUT2D eigenvalue weighted by atomic mass is 10.2. The maximum atomic E-state index is 13.4. The number of carbonyl (C=O) groups is 2. The molecule has 132 valence electrons. The zero-order chi connectivity index (χ0) is 18.2. The highest BCUT2D eigenvalue weighted by Crippen LogP contribution is 2.19. The van der Waals surface area contributed by atoms with E-state index in [1.54, 1.807) is 6.07 Å². The predicted octanol–water partition coefficient (Wildman–Crippen LogP) is 4.14. The summed E-state index contributed by atoms with van der Waals surface area (Å²) in [7, 11) is 0. The summed E-state index contributed by atoms with van der Waals surface area (Å²) in [5, 5.41) is 2.43. The Morgan fingerprint density at radius 1 is 1.12 bits per heavy atom. The Morgan fingerprint density at radius 3 is 2.60 bits per heavy atom. The smallest absolute Gasteiger partial charge is 0.316 e. The van der Waals surface area contributed by atoms with Crippen LogP contribution in [0.3, 0.4) is 0 Å². The molecule has 2 aromatic rings. The maximum absolute atomic E-state index is 13.4. The first kappa shape index (κ1) is 19.4. The lowest BCUT2D eigenvalue weighted by Gasteiger charge is -2.08. The molecule has 25 heavy (non-hydrogen) atoms. The van der Waals surface area contributed by atoms with Crippen molar-refractivity contribution in [1.29, 1.82) is 0 Å². The molecule has 0 aliphatic heterocycles. The van der Waals surface area contributed by atoms with Crippen molar-refractivity contribution in [3.63, 3.8) is 0 Å². The zero-order valence-corrected chi connectivity index (χ0v) is 15.3. The van der Waals surface area contributed by atoms with E-state index in [0.29, 0.717) is 10.0 Å². The molecular formula is C17H14BrF2NO3S. The number of amides is 1. The summed E-state index contributed by atoms with van der Waals surface area (Å²) in [6.07, 6.45) is 0. The normalized spacial score (nSPS) is 10.4. The molecule has 2 rings (SSSR count). The molecule has 1 amide bonds. The van der Waals surface area contributed by atoms with E-state index in [1.165, 1.54) is 36.4 Å². The largest absolute Gasteiger partial charge is 0.460 e. The van der Waals surface area contributed by atoms with Gasteiger partial charge in [-0.1, -0.05) is 34.1 Å². The Labute approximate surface area is 156 Å². The van der Waals surface area contributed by atoms with Crippen molar-refractivity contribution in [3.05, 3.63) is 64.1 Å². The zero-order valence-electron chi connectivity index (χ0n) is 12.9. The average molecular weight is 430 g/mol. The molecule has 8 heteroatoms. The van der Waals surface area contributed by atoms with Gasteiger partial charge >= 0.3 is 5.97 Å². The highest BCUT2D eigenvalue weighted by molar-refractivity contribution is 9.10. The van der Waals surface area contributed by atoms with E-state index in [1.807, 2.05) is 0 Å². The molecule has 0 bridgehead atoms. The number of ether oxygens (including phenoxy) is 1. The van der Waals surface area contributed by atoms with Gasteiger partial charge in [-0.05, 0) is 24.3 Å². The van der Waals surface area contributed by atoms with Gasteiger partial charge in [-0.3, -0.25) is 9.59 Å². The van der Waals surface area contributed by atoms with Gasteiger partial charge in [-0.2, -0.15) is 0 Å². The minimum Gasteiger partial charge on any atom is -0.460 e. The molecule has 0 saturated carbocycles. The van der Waals surface area contributed by atoms with Crippen LogP contribution in [0.5, 0.6) is 0 Å². The Hall–Kier alpha value is -1.93. The van der Waals surface area contributed by atoms with Gasteiger partial charge in [-0.25, -0.2) is 8.78 Å². The standard InChI is InChI=1S/C17H14BrF2NO3S/c18-13-7-12(19)6-5-11(13)8-24-17(23)10-25-9-16(22)21-15-4-2-1-3-14(15)20/h1-7H,8-10H2,(H,21,22). The second-order valence-electron chi connectivity index (χ2n) is 4.92. The molecule has 0 aliphatic carbocycles. The third-order valence-corrected chi connectivity index (χ3v) is 4.65. The lowest BCUT2D eigenvalue weighted by molar-refractivity contribution is -0.141. The van der Waals surface area contributed by atoms with E-state index in [4.69, 9.17) is 4.74 Å². The molecule has 0 aromatic heterocycles. The summed E-state index contributed by atoms with van der Waals surface area (Å²) in [6, 6.07) is 9.90. The minimum absolute atomic E-state index is 0.00167. The van der Waals surface area contributed by atoms with Gasteiger partial charge in [0.1, 0.15) is 18.2 Å². The van der Waals surface area contributed by atoms with Crippen LogP contribution in [-0.4, -0.2) is 23.4 Å². The minimum atomic E-state index is -0.523. The number of esters is 1. The molecule has 1 N–H and O–H groups in total. The fourth-order valence-electron chi connectivity index (χ4n) is 1.81. The van der Waals surface area contributed by atoms with Crippen LogP contribution in [0.25, 0.3) is 0 Å². The van der Waals surface area contributed by atoms with Gasteiger partial charge in [-0.15, -0.1) is 11.8 Å².